The van der Waals surface area contributed by atoms with Crippen molar-refractivity contribution in [1.29, 1.82) is 0 Å². The van der Waals surface area contributed by atoms with Crippen LogP contribution in [0.25, 0.3) is 32.6 Å². The van der Waals surface area contributed by atoms with Gasteiger partial charge in [0, 0.05) is 37.6 Å². The number of nitrogens with one attached hydrogen (secondary N) is 3. The molecule has 3 aromatic heterocycles. The van der Waals surface area contributed by atoms with Gasteiger partial charge in [-0.1, -0.05) is 13.8 Å². The second-order valence-electron chi connectivity index (χ2n) is 7.13. The first-order valence-corrected chi connectivity index (χ1v) is 9.72. The van der Waals surface area contributed by atoms with Crippen molar-refractivity contribution in [3.8, 4) is 11.4 Å². The summed E-state index contributed by atoms with van der Waals surface area (Å²) >= 11 is 1.65. The minimum atomic E-state index is -0.283. The fourth-order valence-electron chi connectivity index (χ4n) is 3.07. The molecule has 1 unspecified atom stereocenters. The second kappa shape index (κ2) is 10.5. The first-order valence-electron chi connectivity index (χ1n) is 8.91. The van der Waals surface area contributed by atoms with Crippen LogP contribution in [0.15, 0.2) is 23.0 Å². The van der Waals surface area contributed by atoms with Crippen LogP contribution in [0.5, 0.6) is 0 Å². The Bertz CT molecular complexity index is 1180. The second-order valence-corrected chi connectivity index (χ2v) is 8.36. The number of imidazole rings is 1. The van der Waals surface area contributed by atoms with Gasteiger partial charge < -0.3 is 22.7 Å². The summed E-state index contributed by atoms with van der Waals surface area (Å²) in [6, 6.07) is 8.53. The molecule has 0 aliphatic carbocycles. The average Bonchev–Trinajstić information content (AvgIpc) is 3.17. The third-order valence-electron chi connectivity index (χ3n) is 4.92. The van der Waals surface area contributed by atoms with E-state index in [0.717, 1.165) is 37.4 Å². The molecule has 4 rings (SSSR count). The molecular formula is C21H25BN4OS2Y-2. The van der Waals surface area contributed by atoms with E-state index in [1.807, 2.05) is 32.9 Å². The number of H-pyrrole nitrogens is 2. The zero-order valence-electron chi connectivity index (χ0n) is 17.8. The van der Waals surface area contributed by atoms with Crippen molar-refractivity contribution in [2.45, 2.75) is 33.6 Å². The molecule has 1 aromatic carbocycles. The van der Waals surface area contributed by atoms with Crippen molar-refractivity contribution in [2.24, 2.45) is 5.92 Å². The van der Waals surface area contributed by atoms with Crippen LogP contribution in [0.1, 0.15) is 24.3 Å². The summed E-state index contributed by atoms with van der Waals surface area (Å²) in [6.45, 7) is 8.17. The molecule has 0 saturated carbocycles. The summed E-state index contributed by atoms with van der Waals surface area (Å²) in [6.07, 6.45) is 0. The maximum Gasteiger partial charge on any atom is 0.261 e. The van der Waals surface area contributed by atoms with E-state index < -0.39 is 0 Å². The molecule has 5 nitrogen and oxygen atoms in total. The van der Waals surface area contributed by atoms with Gasteiger partial charge >= 0.3 is 0 Å². The summed E-state index contributed by atoms with van der Waals surface area (Å²) < 4.78 is 0.989. The number of aromatic amines is 2. The third-order valence-corrected chi connectivity index (χ3v) is 6.15. The van der Waals surface area contributed by atoms with Gasteiger partial charge in [0.2, 0.25) is 0 Å². The zero-order valence-corrected chi connectivity index (χ0v) is 22.5. The number of aromatic nitrogens is 3. The summed E-state index contributed by atoms with van der Waals surface area (Å²) in [5.74, 6) is 0.448. The van der Waals surface area contributed by atoms with E-state index in [1.54, 1.807) is 17.4 Å². The van der Waals surface area contributed by atoms with Crippen LogP contribution in [0.3, 0.4) is 0 Å². The number of rotatable bonds is 4. The standard InChI is InChI=1S/C20H20BN4OS.CH3.H2S.Y/c1-9(2)18(21)24-16-14(19-22-12-7-5-6-8-13(12)23-19)20(26)25-15-10(3)11(4)27-17(15)16;;;/h5,7-9,18H,1-4H3,(H,22,23)(H2,24,25,26);1H3;1H2;/q2*-1;;. The van der Waals surface area contributed by atoms with Gasteiger partial charge in [0.25, 0.3) is 5.56 Å². The van der Waals surface area contributed by atoms with Gasteiger partial charge in [-0.05, 0) is 42.3 Å². The molecule has 0 aliphatic heterocycles. The topological polar surface area (TPSA) is 73.6 Å². The molecule has 3 N–H and O–H groups in total. The summed E-state index contributed by atoms with van der Waals surface area (Å²) in [7, 11) is 6.30. The van der Waals surface area contributed by atoms with E-state index in [1.165, 1.54) is 0 Å². The average molecular weight is 513 g/mol. The Balaban J connectivity index is 0.00000150. The number of benzene rings is 1. The fraction of sp³-hybridized carbons (Fsp3) is 0.286. The number of aryl methyl sites for hydroxylation is 2. The SMILES string of the molecule is S.[B]C(Nc1c(-c2nc3c[c-]ccc3[nH]2)c(=O)[nH]c2c(C)c(C)sc12)C(C)C.[CH3-].[Y]. The van der Waals surface area contributed by atoms with Gasteiger partial charge in [0.05, 0.1) is 23.8 Å². The van der Waals surface area contributed by atoms with Gasteiger partial charge in [0.1, 0.15) is 11.4 Å². The van der Waals surface area contributed by atoms with Crippen LogP contribution in [0, 0.1) is 33.3 Å². The Morgan fingerprint density at radius 3 is 2.60 bits per heavy atom. The normalized spacial score (nSPS) is 11.6. The maximum absolute atomic E-state index is 13.0. The van der Waals surface area contributed by atoms with Crippen molar-refractivity contribution in [1.82, 2.24) is 15.0 Å². The third kappa shape index (κ3) is 4.72. The van der Waals surface area contributed by atoms with Crippen LogP contribution < -0.4 is 10.9 Å². The molecule has 0 bridgehead atoms. The van der Waals surface area contributed by atoms with Crippen LogP contribution in [0.4, 0.5) is 5.69 Å². The van der Waals surface area contributed by atoms with Crippen molar-refractivity contribution >= 4 is 59.6 Å². The molecule has 155 valence electrons. The van der Waals surface area contributed by atoms with Gasteiger partial charge in [-0.25, -0.2) is 0 Å². The number of thiophene rings is 1. The Kier molecular flexibility index (Phi) is 9.42. The van der Waals surface area contributed by atoms with Crippen LogP contribution >= 0.6 is 24.8 Å². The molecule has 30 heavy (non-hydrogen) atoms. The molecule has 1 atom stereocenters. The molecule has 0 saturated heterocycles. The van der Waals surface area contributed by atoms with E-state index in [9.17, 15) is 4.79 Å². The Morgan fingerprint density at radius 2 is 1.97 bits per heavy atom. The van der Waals surface area contributed by atoms with E-state index in [2.05, 4.69) is 33.3 Å². The number of hydrogen-bond donors (Lipinski definition) is 3. The number of hydrogen-bond acceptors (Lipinski definition) is 4. The molecule has 0 amide bonds. The molecule has 9 heteroatoms. The number of pyridine rings is 1. The Hall–Kier alpha value is -1.08. The molecular weight excluding hydrogens is 488 g/mol. The molecule has 3 heterocycles. The van der Waals surface area contributed by atoms with Crippen molar-refractivity contribution in [3.63, 3.8) is 0 Å². The summed E-state index contributed by atoms with van der Waals surface area (Å²) in [4.78, 5) is 25.1. The molecule has 4 aromatic rings. The Morgan fingerprint density at radius 1 is 1.27 bits per heavy atom. The smallest absolute Gasteiger partial charge is 0.261 e. The van der Waals surface area contributed by atoms with Crippen LogP contribution in [0.2, 0.25) is 0 Å². The van der Waals surface area contributed by atoms with E-state index in [4.69, 9.17) is 7.85 Å². The minimum absolute atomic E-state index is 0. The van der Waals surface area contributed by atoms with E-state index >= 15 is 0 Å². The first kappa shape index (κ1) is 27.0. The van der Waals surface area contributed by atoms with Crippen molar-refractivity contribution in [3.05, 3.63) is 52.5 Å². The van der Waals surface area contributed by atoms with E-state index in [-0.39, 0.29) is 71.0 Å². The van der Waals surface area contributed by atoms with Crippen LogP contribution in [-0.2, 0) is 32.7 Å². The first-order chi connectivity index (χ1) is 12.9. The Labute approximate surface area is 214 Å². The number of anilines is 1. The monoisotopic (exact) mass is 513 g/mol. The number of nitrogens with zero attached hydrogens (tertiary/aromatic N) is 1. The molecule has 0 aliphatic rings. The largest absolute Gasteiger partial charge is 0.389 e. The zero-order chi connectivity index (χ0) is 19.3. The molecule has 0 spiro atoms. The quantitative estimate of drug-likeness (QED) is 0.274. The van der Waals surface area contributed by atoms with Gasteiger partial charge in [-0.2, -0.15) is 25.6 Å². The predicted octanol–water partition coefficient (Wildman–Crippen LogP) is 4.67. The molecule has 0 fully saturated rings. The van der Waals surface area contributed by atoms with Crippen molar-refractivity contribution in [2.75, 3.05) is 5.32 Å². The van der Waals surface area contributed by atoms with Gasteiger partial charge in [0.15, 0.2) is 0 Å². The minimum Gasteiger partial charge on any atom is -0.389 e. The molecule has 3 radical (unpaired) electrons. The van der Waals surface area contributed by atoms with E-state index in [0.29, 0.717) is 11.4 Å². The predicted molar refractivity (Wildman–Crippen MR) is 131 cm³/mol. The van der Waals surface area contributed by atoms with Crippen molar-refractivity contribution < 1.29 is 32.7 Å². The maximum atomic E-state index is 13.0. The van der Waals surface area contributed by atoms with Crippen LogP contribution in [-0.4, -0.2) is 28.7 Å². The summed E-state index contributed by atoms with van der Waals surface area (Å²) in [5, 5.41) is 3.38. The van der Waals surface area contributed by atoms with Gasteiger partial charge in [-0.3, -0.25) is 9.78 Å². The fourth-order valence-corrected chi connectivity index (χ4v) is 4.20. The summed E-state index contributed by atoms with van der Waals surface area (Å²) in [5.41, 5.74) is 4.60. The van der Waals surface area contributed by atoms with Gasteiger partial charge in [-0.15, -0.1) is 23.5 Å². The number of fused-ring (bicyclic) bond motifs is 2.